The molecule has 1 N–H and O–H groups in total. The number of nitrogens with one attached hydrogen (secondary N) is 1. The number of H-pyrrole nitrogens is 1. The summed E-state index contributed by atoms with van der Waals surface area (Å²) in [5.41, 5.74) is 6.39. The Bertz CT molecular complexity index is 1280. The standard InChI is InChI=1S/C31H37N3O2/c1-19-27-25(33(2)31(36-19)21-12-7-4-8-13-21)18-26-29-23(16-17-34(26)30(27)35)28-22(14-9-15-24(28)32-29)20-10-5-3-6-11-20/h3,5-6,9-11,14-15,19,21,25-27,31-32H,4,7-8,12-13,16-18H2,1-2H3/t19-,25-,26-,27-,31?/m0/s1. The highest BCUT2D eigenvalue weighted by molar-refractivity contribution is 5.99. The molecule has 3 fully saturated rings. The number of amides is 1. The van der Waals surface area contributed by atoms with Gasteiger partial charge in [-0.05, 0) is 68.3 Å². The number of benzene rings is 2. The van der Waals surface area contributed by atoms with Crippen molar-refractivity contribution in [3.8, 4) is 11.1 Å². The van der Waals surface area contributed by atoms with Crippen LogP contribution in [-0.4, -0.2) is 52.7 Å². The fourth-order valence-electron chi connectivity index (χ4n) is 7.91. The molecule has 0 bridgehead atoms. The van der Waals surface area contributed by atoms with Gasteiger partial charge in [-0.25, -0.2) is 0 Å². The molecule has 2 saturated heterocycles. The normalized spacial score (nSPS) is 31.2. The minimum absolute atomic E-state index is 0.0274. The predicted molar refractivity (Wildman–Crippen MR) is 142 cm³/mol. The lowest BCUT2D eigenvalue weighted by atomic mass is 9.76. The van der Waals surface area contributed by atoms with Crippen molar-refractivity contribution in [1.82, 2.24) is 14.8 Å². The van der Waals surface area contributed by atoms with E-state index in [-0.39, 0.29) is 36.2 Å². The lowest BCUT2D eigenvalue weighted by Gasteiger charge is -2.55. The van der Waals surface area contributed by atoms with Gasteiger partial charge in [0.05, 0.1) is 18.1 Å². The number of aromatic amines is 1. The monoisotopic (exact) mass is 483 g/mol. The third kappa shape index (κ3) is 3.39. The van der Waals surface area contributed by atoms with E-state index in [1.807, 2.05) is 0 Å². The largest absolute Gasteiger partial charge is 0.359 e. The summed E-state index contributed by atoms with van der Waals surface area (Å²) >= 11 is 0. The summed E-state index contributed by atoms with van der Waals surface area (Å²) in [6, 6.07) is 17.6. The molecule has 3 aromatic rings. The number of hydrogen-bond acceptors (Lipinski definition) is 3. The molecule has 188 valence electrons. The zero-order chi connectivity index (χ0) is 24.4. The van der Waals surface area contributed by atoms with Gasteiger partial charge in [0.25, 0.3) is 0 Å². The molecule has 7 rings (SSSR count). The molecule has 2 aromatic carbocycles. The van der Waals surface area contributed by atoms with E-state index in [1.54, 1.807) is 0 Å². The Hall–Kier alpha value is -2.63. The molecule has 4 aliphatic rings. The fourth-order valence-corrected chi connectivity index (χ4v) is 7.91. The van der Waals surface area contributed by atoms with Crippen molar-refractivity contribution in [1.29, 1.82) is 0 Å². The van der Waals surface area contributed by atoms with E-state index in [2.05, 4.69) is 77.3 Å². The summed E-state index contributed by atoms with van der Waals surface area (Å²) < 4.78 is 6.61. The third-order valence-electron chi connectivity index (χ3n) is 9.64. The Morgan fingerprint density at radius 2 is 1.81 bits per heavy atom. The second-order valence-corrected chi connectivity index (χ2v) is 11.5. The van der Waals surface area contributed by atoms with Crippen LogP contribution >= 0.6 is 0 Å². The Balaban J connectivity index is 1.27. The Kier molecular flexibility index (Phi) is 5.48. The van der Waals surface area contributed by atoms with Gasteiger partial charge in [-0.2, -0.15) is 0 Å². The van der Waals surface area contributed by atoms with Crippen LogP contribution in [0.1, 0.15) is 62.7 Å². The van der Waals surface area contributed by atoms with Crippen molar-refractivity contribution < 1.29 is 9.53 Å². The van der Waals surface area contributed by atoms with Gasteiger partial charge in [0.1, 0.15) is 6.23 Å². The second-order valence-electron chi connectivity index (χ2n) is 11.5. The molecule has 36 heavy (non-hydrogen) atoms. The molecule has 1 saturated carbocycles. The Labute approximate surface area is 213 Å². The van der Waals surface area contributed by atoms with Crippen LogP contribution in [0, 0.1) is 11.8 Å². The van der Waals surface area contributed by atoms with Crippen molar-refractivity contribution in [2.24, 2.45) is 11.8 Å². The van der Waals surface area contributed by atoms with Crippen LogP contribution in [0.5, 0.6) is 0 Å². The average Bonchev–Trinajstić information content (AvgIpc) is 3.31. The van der Waals surface area contributed by atoms with Gasteiger partial charge in [-0.3, -0.25) is 9.69 Å². The van der Waals surface area contributed by atoms with Gasteiger partial charge in [-0.1, -0.05) is 61.7 Å². The Morgan fingerprint density at radius 1 is 1.00 bits per heavy atom. The zero-order valence-corrected chi connectivity index (χ0v) is 21.5. The molecule has 5 atom stereocenters. The minimum Gasteiger partial charge on any atom is -0.359 e. The molecule has 1 unspecified atom stereocenters. The van der Waals surface area contributed by atoms with Crippen LogP contribution in [0.3, 0.4) is 0 Å². The van der Waals surface area contributed by atoms with E-state index < -0.39 is 0 Å². The van der Waals surface area contributed by atoms with E-state index in [4.69, 9.17) is 4.74 Å². The summed E-state index contributed by atoms with van der Waals surface area (Å²) in [6.07, 6.45) is 8.43. The number of rotatable bonds is 2. The van der Waals surface area contributed by atoms with Gasteiger partial charge >= 0.3 is 0 Å². The lowest BCUT2D eigenvalue weighted by Crippen LogP contribution is -2.65. The third-order valence-corrected chi connectivity index (χ3v) is 9.64. The van der Waals surface area contributed by atoms with Crippen molar-refractivity contribution >= 4 is 16.8 Å². The van der Waals surface area contributed by atoms with Gasteiger partial charge in [0, 0.05) is 29.2 Å². The highest BCUT2D eigenvalue weighted by Crippen LogP contribution is 2.48. The van der Waals surface area contributed by atoms with E-state index in [9.17, 15) is 4.79 Å². The summed E-state index contributed by atoms with van der Waals surface area (Å²) in [4.78, 5) is 22.4. The van der Waals surface area contributed by atoms with E-state index in [1.165, 1.54) is 65.4 Å². The van der Waals surface area contributed by atoms with Crippen molar-refractivity contribution in [2.45, 2.75) is 76.3 Å². The van der Waals surface area contributed by atoms with Crippen LogP contribution in [0.15, 0.2) is 48.5 Å². The molecular weight excluding hydrogens is 446 g/mol. The predicted octanol–water partition coefficient (Wildman–Crippen LogP) is 5.91. The molecule has 3 aliphatic heterocycles. The highest BCUT2D eigenvalue weighted by atomic mass is 16.5. The summed E-state index contributed by atoms with van der Waals surface area (Å²) in [5, 5.41) is 1.33. The number of carbonyl (C=O) groups is 1. The molecular formula is C31H37N3O2. The molecule has 0 spiro atoms. The zero-order valence-electron chi connectivity index (χ0n) is 21.5. The first kappa shape index (κ1) is 22.6. The number of ether oxygens (including phenoxy) is 1. The molecule has 1 aromatic heterocycles. The minimum atomic E-state index is -0.0723. The first-order valence-corrected chi connectivity index (χ1v) is 14.0. The maximum absolute atomic E-state index is 14.0. The summed E-state index contributed by atoms with van der Waals surface area (Å²) in [7, 11) is 2.22. The van der Waals surface area contributed by atoms with Crippen LogP contribution in [0.25, 0.3) is 22.0 Å². The van der Waals surface area contributed by atoms with Crippen molar-refractivity contribution in [2.75, 3.05) is 13.6 Å². The molecule has 4 heterocycles. The van der Waals surface area contributed by atoms with Gasteiger partial charge < -0.3 is 14.6 Å². The van der Waals surface area contributed by atoms with Crippen molar-refractivity contribution in [3.05, 3.63) is 59.8 Å². The van der Waals surface area contributed by atoms with E-state index in [0.29, 0.717) is 5.92 Å². The van der Waals surface area contributed by atoms with Crippen LogP contribution < -0.4 is 0 Å². The van der Waals surface area contributed by atoms with Gasteiger partial charge in [0.15, 0.2) is 0 Å². The average molecular weight is 484 g/mol. The van der Waals surface area contributed by atoms with E-state index in [0.717, 1.165) is 19.4 Å². The SMILES string of the molecule is C[C@@H]1OC(C2CCCCC2)N(C)[C@H]2C[C@H]3c4[nH]c5cccc(-c6ccccc6)c5c4CCN3C(=O)[C@@H]12. The van der Waals surface area contributed by atoms with Crippen LogP contribution in [0.2, 0.25) is 0 Å². The smallest absolute Gasteiger partial charge is 0.230 e. The van der Waals surface area contributed by atoms with Crippen molar-refractivity contribution in [3.63, 3.8) is 0 Å². The van der Waals surface area contributed by atoms with Crippen LogP contribution in [0.4, 0.5) is 0 Å². The second kappa shape index (κ2) is 8.74. The number of fused-ring (bicyclic) bond motifs is 6. The molecule has 1 aliphatic carbocycles. The van der Waals surface area contributed by atoms with Gasteiger partial charge in [0.2, 0.25) is 5.91 Å². The maximum Gasteiger partial charge on any atom is 0.230 e. The summed E-state index contributed by atoms with van der Waals surface area (Å²) in [6.45, 7) is 2.93. The first-order valence-electron chi connectivity index (χ1n) is 14.0. The number of piperidine rings is 1. The fraction of sp³-hybridized carbons (Fsp3) is 0.516. The number of hydrogen-bond donors (Lipinski definition) is 1. The summed E-state index contributed by atoms with van der Waals surface area (Å²) in [5.74, 6) is 0.797. The van der Waals surface area contributed by atoms with E-state index >= 15 is 0 Å². The molecule has 0 radical (unpaired) electrons. The van der Waals surface area contributed by atoms with Gasteiger partial charge in [-0.15, -0.1) is 0 Å². The number of nitrogens with zero attached hydrogens (tertiary/aromatic N) is 2. The lowest BCUT2D eigenvalue weighted by molar-refractivity contribution is -0.220. The quantitative estimate of drug-likeness (QED) is 0.493. The first-order chi connectivity index (χ1) is 17.6. The maximum atomic E-state index is 14.0. The number of carbonyl (C=O) groups excluding carboxylic acids is 1. The molecule has 5 heteroatoms. The van der Waals surface area contributed by atoms with Crippen LogP contribution in [-0.2, 0) is 16.0 Å². The topological polar surface area (TPSA) is 48.6 Å². The molecule has 5 nitrogen and oxygen atoms in total. The Morgan fingerprint density at radius 3 is 2.61 bits per heavy atom. The highest BCUT2D eigenvalue weighted by Gasteiger charge is 2.53. The number of aromatic nitrogens is 1. The molecule has 1 amide bonds.